The quantitative estimate of drug-likeness (QED) is 0.807. The summed E-state index contributed by atoms with van der Waals surface area (Å²) in [7, 11) is 0. The Kier molecular flexibility index (Phi) is 3.65. The Hall–Kier alpha value is -1.85. The van der Waals surface area contributed by atoms with E-state index in [1.54, 1.807) is 0 Å². The molecule has 1 aromatic rings. The molecule has 1 N–H and O–H groups in total. The number of hydrogen-bond donors (Lipinski definition) is 1. The summed E-state index contributed by atoms with van der Waals surface area (Å²) in [4.78, 5) is 14.5. The van der Waals surface area contributed by atoms with Gasteiger partial charge < -0.3 is 5.32 Å². The van der Waals surface area contributed by atoms with Gasteiger partial charge in [-0.15, -0.1) is 6.58 Å². The third kappa shape index (κ3) is 3.08. The van der Waals surface area contributed by atoms with Crippen LogP contribution in [0, 0.1) is 0 Å². The van der Waals surface area contributed by atoms with Gasteiger partial charge in [0.15, 0.2) is 0 Å². The zero-order valence-corrected chi connectivity index (χ0v) is 8.21. The maximum absolute atomic E-state index is 12.1. The van der Waals surface area contributed by atoms with Crippen molar-refractivity contribution in [1.29, 1.82) is 0 Å². The molecule has 0 aliphatic rings. The summed E-state index contributed by atoms with van der Waals surface area (Å²) in [5.41, 5.74) is -0.942. The summed E-state index contributed by atoms with van der Waals surface area (Å²) in [6, 6.07) is 1.84. The van der Waals surface area contributed by atoms with Crippen molar-refractivity contribution in [3.8, 4) is 0 Å². The van der Waals surface area contributed by atoms with Crippen LogP contribution < -0.4 is 5.32 Å². The van der Waals surface area contributed by atoms with Crippen LogP contribution in [0.1, 0.15) is 16.1 Å². The van der Waals surface area contributed by atoms with Crippen LogP contribution in [0.25, 0.3) is 0 Å². The van der Waals surface area contributed by atoms with Gasteiger partial charge >= 0.3 is 6.18 Å². The van der Waals surface area contributed by atoms with Gasteiger partial charge in [-0.05, 0) is 12.1 Å². The first kappa shape index (κ1) is 12.2. The maximum atomic E-state index is 12.1. The van der Waals surface area contributed by atoms with Crippen molar-refractivity contribution in [3.63, 3.8) is 0 Å². The molecule has 6 heteroatoms. The number of aromatic nitrogens is 1. The Morgan fingerprint density at radius 3 is 2.62 bits per heavy atom. The van der Waals surface area contributed by atoms with Crippen molar-refractivity contribution in [2.45, 2.75) is 6.18 Å². The van der Waals surface area contributed by atoms with E-state index in [2.05, 4.69) is 16.9 Å². The largest absolute Gasteiger partial charge is 0.433 e. The first-order valence-electron chi connectivity index (χ1n) is 4.37. The molecular formula is C10H9F3N2O. The van der Waals surface area contributed by atoms with Gasteiger partial charge in [0.25, 0.3) is 5.91 Å². The first-order chi connectivity index (χ1) is 7.45. The lowest BCUT2D eigenvalue weighted by atomic mass is 10.2. The minimum Gasteiger partial charge on any atom is -0.349 e. The van der Waals surface area contributed by atoms with E-state index in [1.165, 1.54) is 6.08 Å². The SMILES string of the molecule is C=CCNC(=O)c1ccc(C(F)(F)F)nc1. The molecule has 3 nitrogen and oxygen atoms in total. The van der Waals surface area contributed by atoms with E-state index in [-0.39, 0.29) is 12.1 Å². The lowest BCUT2D eigenvalue weighted by molar-refractivity contribution is -0.141. The molecule has 1 amide bonds. The van der Waals surface area contributed by atoms with Crippen molar-refractivity contribution in [3.05, 3.63) is 42.2 Å². The highest BCUT2D eigenvalue weighted by molar-refractivity contribution is 5.93. The number of amides is 1. The molecule has 0 aromatic carbocycles. The van der Waals surface area contributed by atoms with E-state index in [1.807, 2.05) is 0 Å². The fraction of sp³-hybridized carbons (Fsp3) is 0.200. The van der Waals surface area contributed by atoms with E-state index in [0.717, 1.165) is 18.3 Å². The number of carbonyl (C=O) groups is 1. The summed E-state index contributed by atoms with van der Waals surface area (Å²) in [6.07, 6.45) is -2.13. The van der Waals surface area contributed by atoms with Crippen LogP contribution in [0.15, 0.2) is 31.0 Å². The van der Waals surface area contributed by atoms with Gasteiger partial charge in [0.2, 0.25) is 0 Å². The monoisotopic (exact) mass is 230 g/mol. The summed E-state index contributed by atoms with van der Waals surface area (Å²) in [6.45, 7) is 3.64. The van der Waals surface area contributed by atoms with Crippen molar-refractivity contribution in [2.24, 2.45) is 0 Å². The number of nitrogens with zero attached hydrogens (tertiary/aromatic N) is 1. The van der Waals surface area contributed by atoms with Crippen LogP contribution in [-0.4, -0.2) is 17.4 Å². The van der Waals surface area contributed by atoms with Crippen LogP contribution in [0.2, 0.25) is 0 Å². The molecule has 0 saturated heterocycles. The molecule has 0 bridgehead atoms. The highest BCUT2D eigenvalue weighted by Crippen LogP contribution is 2.27. The molecule has 0 unspecified atom stereocenters. The molecule has 1 rings (SSSR count). The number of carbonyl (C=O) groups excluding carboxylic acids is 1. The summed E-state index contributed by atoms with van der Waals surface area (Å²) >= 11 is 0. The molecule has 1 aromatic heterocycles. The molecule has 0 aliphatic heterocycles. The van der Waals surface area contributed by atoms with Gasteiger partial charge in [0.1, 0.15) is 5.69 Å². The standard InChI is InChI=1S/C10H9F3N2O/c1-2-5-14-9(16)7-3-4-8(15-6-7)10(11,12)13/h2-4,6H,1,5H2,(H,14,16). The van der Waals surface area contributed by atoms with Crippen LogP contribution in [0.3, 0.4) is 0 Å². The zero-order valence-electron chi connectivity index (χ0n) is 8.21. The number of pyridine rings is 1. The second-order valence-electron chi connectivity index (χ2n) is 2.93. The average Bonchev–Trinajstić information content (AvgIpc) is 2.25. The molecule has 0 aliphatic carbocycles. The Labute approximate surface area is 90.0 Å². The highest BCUT2D eigenvalue weighted by atomic mass is 19.4. The van der Waals surface area contributed by atoms with Crippen molar-refractivity contribution < 1.29 is 18.0 Å². The summed E-state index contributed by atoms with van der Waals surface area (Å²) < 4.78 is 36.4. The first-order valence-corrected chi connectivity index (χ1v) is 4.37. The van der Waals surface area contributed by atoms with Gasteiger partial charge in [0, 0.05) is 12.7 Å². The maximum Gasteiger partial charge on any atom is 0.433 e. The molecule has 86 valence electrons. The summed E-state index contributed by atoms with van der Waals surface area (Å²) in [5.74, 6) is -0.485. The molecule has 1 heterocycles. The molecule has 0 radical (unpaired) electrons. The lowest BCUT2D eigenvalue weighted by Gasteiger charge is -2.06. The Balaban J connectivity index is 2.79. The number of hydrogen-bond acceptors (Lipinski definition) is 2. The normalized spacial score (nSPS) is 10.9. The van der Waals surface area contributed by atoms with E-state index in [9.17, 15) is 18.0 Å². The van der Waals surface area contributed by atoms with E-state index >= 15 is 0 Å². The molecular weight excluding hydrogens is 221 g/mol. The van der Waals surface area contributed by atoms with Gasteiger partial charge in [0.05, 0.1) is 5.56 Å². The van der Waals surface area contributed by atoms with Crippen molar-refractivity contribution in [1.82, 2.24) is 10.3 Å². The second kappa shape index (κ2) is 4.78. The number of halogens is 3. The Morgan fingerprint density at radius 1 is 1.50 bits per heavy atom. The number of nitrogens with one attached hydrogen (secondary N) is 1. The molecule has 0 atom stereocenters. The zero-order chi connectivity index (χ0) is 12.2. The van der Waals surface area contributed by atoms with E-state index < -0.39 is 17.8 Å². The highest BCUT2D eigenvalue weighted by Gasteiger charge is 2.32. The Bertz CT molecular complexity index is 384. The predicted octanol–water partition coefficient (Wildman–Crippen LogP) is 2.02. The van der Waals surface area contributed by atoms with Gasteiger partial charge in [-0.3, -0.25) is 9.78 Å². The minimum absolute atomic E-state index is 0.0786. The number of rotatable bonds is 3. The fourth-order valence-electron chi connectivity index (χ4n) is 0.963. The van der Waals surface area contributed by atoms with Gasteiger partial charge in [-0.2, -0.15) is 13.2 Å². The summed E-state index contributed by atoms with van der Waals surface area (Å²) in [5, 5.41) is 2.43. The third-order valence-electron chi connectivity index (χ3n) is 1.72. The van der Waals surface area contributed by atoms with Crippen LogP contribution in [0.5, 0.6) is 0 Å². The van der Waals surface area contributed by atoms with Gasteiger partial charge in [-0.1, -0.05) is 6.08 Å². The molecule has 0 fully saturated rings. The minimum atomic E-state index is -4.49. The topological polar surface area (TPSA) is 42.0 Å². The molecule has 0 spiro atoms. The smallest absolute Gasteiger partial charge is 0.349 e. The van der Waals surface area contributed by atoms with Crippen molar-refractivity contribution in [2.75, 3.05) is 6.54 Å². The third-order valence-corrected chi connectivity index (χ3v) is 1.72. The second-order valence-corrected chi connectivity index (χ2v) is 2.93. The fourth-order valence-corrected chi connectivity index (χ4v) is 0.963. The predicted molar refractivity (Wildman–Crippen MR) is 51.8 cm³/mol. The van der Waals surface area contributed by atoms with E-state index in [4.69, 9.17) is 0 Å². The lowest BCUT2D eigenvalue weighted by Crippen LogP contribution is -2.23. The molecule has 16 heavy (non-hydrogen) atoms. The Morgan fingerprint density at radius 2 is 2.19 bits per heavy atom. The average molecular weight is 230 g/mol. The van der Waals surface area contributed by atoms with Crippen LogP contribution >= 0.6 is 0 Å². The van der Waals surface area contributed by atoms with Gasteiger partial charge in [-0.25, -0.2) is 0 Å². The molecule has 0 saturated carbocycles. The van der Waals surface area contributed by atoms with E-state index in [0.29, 0.717) is 0 Å². The van der Waals surface area contributed by atoms with Crippen LogP contribution in [-0.2, 0) is 6.18 Å². The van der Waals surface area contributed by atoms with Crippen LogP contribution in [0.4, 0.5) is 13.2 Å². The number of alkyl halides is 3. The van der Waals surface area contributed by atoms with Crippen molar-refractivity contribution >= 4 is 5.91 Å².